The molecule has 2 aromatic rings. The van der Waals surface area contributed by atoms with Crippen molar-refractivity contribution in [2.75, 3.05) is 19.6 Å². The van der Waals surface area contributed by atoms with E-state index in [0.29, 0.717) is 23.7 Å². The summed E-state index contributed by atoms with van der Waals surface area (Å²) >= 11 is 11.9. The molecule has 6 nitrogen and oxygen atoms in total. The number of hydrogen-bond donors (Lipinski definition) is 1. The minimum absolute atomic E-state index is 0.0604. The highest BCUT2D eigenvalue weighted by Gasteiger charge is 2.26. The van der Waals surface area contributed by atoms with Crippen molar-refractivity contribution in [1.82, 2.24) is 19.8 Å². The maximum absolute atomic E-state index is 12.6. The van der Waals surface area contributed by atoms with E-state index in [-0.39, 0.29) is 29.4 Å². The number of likely N-dealkylation sites (tertiary alicyclic amines) is 1. The van der Waals surface area contributed by atoms with Gasteiger partial charge in [0, 0.05) is 36.9 Å². The third-order valence-corrected chi connectivity index (χ3v) is 5.33. The fourth-order valence-electron chi connectivity index (χ4n) is 3.40. The number of rotatable bonds is 5. The number of hydrogen-bond acceptors (Lipinski definition) is 3. The molecule has 0 saturated carbocycles. The van der Waals surface area contributed by atoms with Crippen LogP contribution in [-0.2, 0) is 11.2 Å². The van der Waals surface area contributed by atoms with E-state index >= 15 is 0 Å². The molecule has 2 heterocycles. The van der Waals surface area contributed by atoms with Crippen LogP contribution >= 0.6 is 23.2 Å². The molecule has 3 rings (SSSR count). The molecule has 1 unspecified atom stereocenters. The van der Waals surface area contributed by atoms with Crippen LogP contribution in [0.3, 0.4) is 0 Å². The normalized spacial score (nSPS) is 17.0. The average Bonchev–Trinajstić information content (AvgIpc) is 3.15. The SMILES string of the molecule is CCc1nccn1C1CCCN(C(=O)CNC(=O)c2ccc(Cl)cc2Cl)C1. The summed E-state index contributed by atoms with van der Waals surface area (Å²) < 4.78 is 2.16. The number of nitrogens with one attached hydrogen (secondary N) is 1. The molecule has 1 saturated heterocycles. The van der Waals surface area contributed by atoms with Gasteiger partial charge in [-0.05, 0) is 31.0 Å². The molecule has 1 aromatic carbocycles. The Labute approximate surface area is 168 Å². The Morgan fingerprint density at radius 3 is 2.89 bits per heavy atom. The maximum Gasteiger partial charge on any atom is 0.253 e. The second kappa shape index (κ2) is 8.76. The number of carbonyl (C=O) groups excluding carboxylic acids is 2. The maximum atomic E-state index is 12.6. The van der Waals surface area contributed by atoms with Gasteiger partial charge in [0.15, 0.2) is 0 Å². The number of aromatic nitrogens is 2. The van der Waals surface area contributed by atoms with Crippen molar-refractivity contribution in [2.45, 2.75) is 32.2 Å². The topological polar surface area (TPSA) is 67.2 Å². The molecule has 1 N–H and O–H groups in total. The molecule has 2 amide bonds. The third kappa shape index (κ3) is 4.62. The number of amides is 2. The molecule has 1 aromatic heterocycles. The summed E-state index contributed by atoms with van der Waals surface area (Å²) in [6.07, 6.45) is 6.57. The Morgan fingerprint density at radius 1 is 1.33 bits per heavy atom. The second-order valence-electron chi connectivity index (χ2n) is 6.55. The smallest absolute Gasteiger partial charge is 0.253 e. The molecule has 1 aliphatic rings. The standard InChI is InChI=1S/C19H22Cl2N4O2/c1-2-17-22-7-9-25(17)14-4-3-8-24(12-14)18(26)11-23-19(27)15-6-5-13(20)10-16(15)21/h5-7,9-10,14H,2-4,8,11-12H2,1H3,(H,23,27). The van der Waals surface area contributed by atoms with Crippen LogP contribution in [0.15, 0.2) is 30.6 Å². The molecule has 27 heavy (non-hydrogen) atoms. The molecular weight excluding hydrogens is 387 g/mol. The summed E-state index contributed by atoms with van der Waals surface area (Å²) in [6.45, 7) is 3.33. The van der Waals surface area contributed by atoms with E-state index in [2.05, 4.69) is 21.8 Å². The quantitative estimate of drug-likeness (QED) is 0.824. The van der Waals surface area contributed by atoms with Crippen LogP contribution in [0.4, 0.5) is 0 Å². The van der Waals surface area contributed by atoms with E-state index in [1.807, 2.05) is 6.20 Å². The Morgan fingerprint density at radius 2 is 2.15 bits per heavy atom. The van der Waals surface area contributed by atoms with Crippen LogP contribution in [0.1, 0.15) is 42.0 Å². The first-order chi connectivity index (χ1) is 13.0. The molecule has 0 bridgehead atoms. The fraction of sp³-hybridized carbons (Fsp3) is 0.421. The number of benzene rings is 1. The van der Waals surface area contributed by atoms with Gasteiger partial charge in [-0.15, -0.1) is 0 Å². The predicted molar refractivity (Wildman–Crippen MR) is 105 cm³/mol. The Balaban J connectivity index is 1.58. The molecule has 1 fully saturated rings. The van der Waals surface area contributed by atoms with Gasteiger partial charge < -0.3 is 14.8 Å². The highest BCUT2D eigenvalue weighted by molar-refractivity contribution is 6.36. The zero-order chi connectivity index (χ0) is 19.4. The minimum Gasteiger partial charge on any atom is -0.343 e. The van der Waals surface area contributed by atoms with Crippen LogP contribution in [-0.4, -0.2) is 45.9 Å². The van der Waals surface area contributed by atoms with Gasteiger partial charge in [0.25, 0.3) is 5.91 Å². The molecule has 0 spiro atoms. The summed E-state index contributed by atoms with van der Waals surface area (Å²) in [5.41, 5.74) is 0.302. The first kappa shape index (κ1) is 19.7. The molecule has 0 aliphatic carbocycles. The van der Waals surface area contributed by atoms with Gasteiger partial charge in [0.1, 0.15) is 5.82 Å². The lowest BCUT2D eigenvalue weighted by Crippen LogP contribution is -2.45. The van der Waals surface area contributed by atoms with Crippen molar-refractivity contribution in [3.8, 4) is 0 Å². The molecule has 0 radical (unpaired) electrons. The van der Waals surface area contributed by atoms with Gasteiger partial charge in [0.05, 0.1) is 23.2 Å². The van der Waals surface area contributed by atoms with Gasteiger partial charge >= 0.3 is 0 Å². The summed E-state index contributed by atoms with van der Waals surface area (Å²) in [4.78, 5) is 31.0. The van der Waals surface area contributed by atoms with E-state index in [9.17, 15) is 9.59 Å². The van der Waals surface area contributed by atoms with Gasteiger partial charge in [0.2, 0.25) is 5.91 Å². The number of carbonyl (C=O) groups is 2. The zero-order valence-corrected chi connectivity index (χ0v) is 16.6. The molecule has 8 heteroatoms. The van der Waals surface area contributed by atoms with E-state index < -0.39 is 0 Å². The number of piperidine rings is 1. The van der Waals surface area contributed by atoms with Crippen LogP contribution in [0.25, 0.3) is 0 Å². The van der Waals surface area contributed by atoms with Crippen molar-refractivity contribution in [1.29, 1.82) is 0 Å². The fourth-order valence-corrected chi connectivity index (χ4v) is 3.89. The lowest BCUT2D eigenvalue weighted by Gasteiger charge is -2.34. The minimum atomic E-state index is -0.388. The predicted octanol–water partition coefficient (Wildman–Crippen LogP) is 3.35. The van der Waals surface area contributed by atoms with Crippen molar-refractivity contribution in [3.63, 3.8) is 0 Å². The average molecular weight is 409 g/mol. The number of halogens is 2. The number of imidazole rings is 1. The molecule has 1 aliphatic heterocycles. The zero-order valence-electron chi connectivity index (χ0n) is 15.1. The largest absolute Gasteiger partial charge is 0.343 e. The number of aryl methyl sites for hydroxylation is 1. The summed E-state index contributed by atoms with van der Waals surface area (Å²) in [5, 5.41) is 3.37. The first-order valence-corrected chi connectivity index (χ1v) is 9.78. The van der Waals surface area contributed by atoms with Crippen LogP contribution in [0.2, 0.25) is 10.0 Å². The molecular formula is C19H22Cl2N4O2. The first-order valence-electron chi connectivity index (χ1n) is 9.02. The van der Waals surface area contributed by atoms with Crippen LogP contribution < -0.4 is 5.32 Å². The van der Waals surface area contributed by atoms with Gasteiger partial charge in [-0.1, -0.05) is 30.1 Å². The lowest BCUT2D eigenvalue weighted by atomic mass is 10.1. The van der Waals surface area contributed by atoms with Crippen molar-refractivity contribution < 1.29 is 9.59 Å². The highest BCUT2D eigenvalue weighted by Crippen LogP contribution is 2.23. The molecule has 144 valence electrons. The Hall–Kier alpha value is -2.05. The lowest BCUT2D eigenvalue weighted by molar-refractivity contribution is -0.131. The van der Waals surface area contributed by atoms with Crippen LogP contribution in [0, 0.1) is 0 Å². The van der Waals surface area contributed by atoms with E-state index in [1.165, 1.54) is 6.07 Å². The van der Waals surface area contributed by atoms with Crippen molar-refractivity contribution in [2.24, 2.45) is 0 Å². The van der Waals surface area contributed by atoms with E-state index in [0.717, 1.165) is 25.1 Å². The highest BCUT2D eigenvalue weighted by atomic mass is 35.5. The van der Waals surface area contributed by atoms with E-state index in [4.69, 9.17) is 23.2 Å². The number of nitrogens with zero attached hydrogens (tertiary/aromatic N) is 3. The Kier molecular flexibility index (Phi) is 6.39. The summed E-state index contributed by atoms with van der Waals surface area (Å²) in [5.74, 6) is 0.540. The molecule has 1 atom stereocenters. The van der Waals surface area contributed by atoms with Gasteiger partial charge in [-0.2, -0.15) is 0 Å². The van der Waals surface area contributed by atoms with Gasteiger partial charge in [-0.25, -0.2) is 4.98 Å². The van der Waals surface area contributed by atoms with Crippen LogP contribution in [0.5, 0.6) is 0 Å². The summed E-state index contributed by atoms with van der Waals surface area (Å²) in [7, 11) is 0. The van der Waals surface area contributed by atoms with Crippen molar-refractivity contribution >= 4 is 35.0 Å². The van der Waals surface area contributed by atoms with Crippen molar-refractivity contribution in [3.05, 3.63) is 52.0 Å². The second-order valence-corrected chi connectivity index (χ2v) is 7.39. The van der Waals surface area contributed by atoms with E-state index in [1.54, 1.807) is 23.2 Å². The Bertz CT molecular complexity index is 837. The summed E-state index contributed by atoms with van der Waals surface area (Å²) in [6, 6.07) is 4.87. The van der Waals surface area contributed by atoms with Gasteiger partial charge in [-0.3, -0.25) is 9.59 Å². The third-order valence-electron chi connectivity index (χ3n) is 4.78. The monoisotopic (exact) mass is 408 g/mol.